The Hall–Kier alpha value is -0.620. The highest BCUT2D eigenvalue weighted by Crippen LogP contribution is 2.23. The van der Waals surface area contributed by atoms with E-state index in [4.69, 9.17) is 16.3 Å². The summed E-state index contributed by atoms with van der Waals surface area (Å²) >= 11 is 6.35. The molecule has 0 saturated carbocycles. The third kappa shape index (κ3) is 4.68. The second-order valence-electron chi connectivity index (χ2n) is 5.91. The van der Waals surface area contributed by atoms with Crippen LogP contribution in [0.1, 0.15) is 24.2 Å². The Morgan fingerprint density at radius 2 is 2.29 bits per heavy atom. The summed E-state index contributed by atoms with van der Waals surface area (Å²) in [4.78, 5) is 2.49. The summed E-state index contributed by atoms with van der Waals surface area (Å²) in [5.41, 5.74) is 2.05. The van der Waals surface area contributed by atoms with Gasteiger partial charge in [0.2, 0.25) is 0 Å². The van der Waals surface area contributed by atoms with Gasteiger partial charge in [0, 0.05) is 33.8 Å². The summed E-state index contributed by atoms with van der Waals surface area (Å²) in [5.74, 6) is 0.712. The van der Waals surface area contributed by atoms with Crippen LogP contribution < -0.4 is 5.32 Å². The van der Waals surface area contributed by atoms with Crippen molar-refractivity contribution in [3.63, 3.8) is 0 Å². The summed E-state index contributed by atoms with van der Waals surface area (Å²) in [6, 6.07) is 0. The number of nitrogens with zero attached hydrogens (tertiary/aromatic N) is 3. The lowest BCUT2D eigenvalue weighted by molar-refractivity contribution is 0.156. The molecule has 2 heterocycles. The summed E-state index contributed by atoms with van der Waals surface area (Å²) in [6.45, 7) is 7.91. The molecule has 1 fully saturated rings. The first-order chi connectivity index (χ1) is 10.1. The Morgan fingerprint density at radius 1 is 1.48 bits per heavy atom. The predicted molar refractivity (Wildman–Crippen MR) is 85.7 cm³/mol. The maximum Gasteiger partial charge on any atom is 0.0860 e. The first-order valence-corrected chi connectivity index (χ1v) is 8.09. The molecule has 1 saturated heterocycles. The highest BCUT2D eigenvalue weighted by molar-refractivity contribution is 6.31. The molecule has 21 heavy (non-hydrogen) atoms. The molecule has 2 rings (SSSR count). The zero-order valence-corrected chi connectivity index (χ0v) is 14.1. The molecular weight excluding hydrogens is 288 g/mol. The van der Waals surface area contributed by atoms with E-state index in [2.05, 4.69) is 15.3 Å². The molecule has 1 aromatic heterocycles. The van der Waals surface area contributed by atoms with Gasteiger partial charge in [-0.3, -0.25) is 9.58 Å². The van der Waals surface area contributed by atoms with Gasteiger partial charge in [-0.2, -0.15) is 5.10 Å². The van der Waals surface area contributed by atoms with E-state index >= 15 is 0 Å². The Labute approximate surface area is 132 Å². The van der Waals surface area contributed by atoms with Gasteiger partial charge < -0.3 is 10.1 Å². The van der Waals surface area contributed by atoms with Crippen molar-refractivity contribution in [1.29, 1.82) is 0 Å². The molecule has 6 heteroatoms. The second kappa shape index (κ2) is 8.13. The van der Waals surface area contributed by atoms with Crippen molar-refractivity contribution in [3.8, 4) is 0 Å². The molecule has 0 bridgehead atoms. The van der Waals surface area contributed by atoms with E-state index < -0.39 is 0 Å². The number of aryl methyl sites for hydroxylation is 2. The van der Waals surface area contributed by atoms with Crippen LogP contribution in [-0.2, 0) is 18.3 Å². The third-order valence-electron chi connectivity index (χ3n) is 4.15. The zero-order chi connectivity index (χ0) is 15.2. The number of ether oxygens (including phenoxy) is 1. The molecular formula is C15H27ClN4O. The van der Waals surface area contributed by atoms with Crippen LogP contribution in [0.4, 0.5) is 0 Å². The predicted octanol–water partition coefficient (Wildman–Crippen LogP) is 1.83. The third-order valence-corrected chi connectivity index (χ3v) is 4.65. The fourth-order valence-corrected chi connectivity index (χ4v) is 3.23. The molecule has 120 valence electrons. The maximum absolute atomic E-state index is 6.35. The van der Waals surface area contributed by atoms with Gasteiger partial charge in [0.05, 0.1) is 23.0 Å². The minimum absolute atomic E-state index is 0.712. The van der Waals surface area contributed by atoms with Crippen LogP contribution in [0.25, 0.3) is 0 Å². The molecule has 0 amide bonds. The van der Waals surface area contributed by atoms with E-state index in [1.807, 2.05) is 18.7 Å². The van der Waals surface area contributed by atoms with Gasteiger partial charge in [0.1, 0.15) is 0 Å². The Bertz CT molecular complexity index is 449. The smallest absolute Gasteiger partial charge is 0.0860 e. The summed E-state index contributed by atoms with van der Waals surface area (Å²) in [7, 11) is 3.71. The van der Waals surface area contributed by atoms with Crippen molar-refractivity contribution in [2.45, 2.75) is 26.3 Å². The molecule has 1 atom stereocenters. The Kier molecular flexibility index (Phi) is 6.48. The van der Waals surface area contributed by atoms with Gasteiger partial charge in [-0.15, -0.1) is 0 Å². The molecule has 5 nitrogen and oxygen atoms in total. The van der Waals surface area contributed by atoms with Crippen LogP contribution in [0.15, 0.2) is 0 Å². The largest absolute Gasteiger partial charge is 0.383 e. The molecule has 1 unspecified atom stereocenters. The SMILES string of the molecule is COCCNCC1CCCN(Cc2c(Cl)c(C)nn2C)C1. The van der Waals surface area contributed by atoms with E-state index in [1.165, 1.54) is 12.8 Å². The van der Waals surface area contributed by atoms with Crippen LogP contribution in [0.2, 0.25) is 5.02 Å². The summed E-state index contributed by atoms with van der Waals surface area (Å²) in [5, 5.41) is 8.69. The molecule has 1 aromatic rings. The lowest BCUT2D eigenvalue weighted by Gasteiger charge is -2.32. The van der Waals surface area contributed by atoms with Crippen molar-refractivity contribution in [2.24, 2.45) is 13.0 Å². The highest BCUT2D eigenvalue weighted by Gasteiger charge is 2.22. The monoisotopic (exact) mass is 314 g/mol. The van der Waals surface area contributed by atoms with Crippen LogP contribution in [0.5, 0.6) is 0 Å². The van der Waals surface area contributed by atoms with Crippen LogP contribution in [0, 0.1) is 12.8 Å². The van der Waals surface area contributed by atoms with E-state index in [9.17, 15) is 0 Å². The second-order valence-corrected chi connectivity index (χ2v) is 6.29. The van der Waals surface area contributed by atoms with Crippen LogP contribution in [0.3, 0.4) is 0 Å². The number of hydrogen-bond acceptors (Lipinski definition) is 4. The van der Waals surface area contributed by atoms with Gasteiger partial charge in [-0.1, -0.05) is 11.6 Å². The number of methoxy groups -OCH3 is 1. The molecule has 0 radical (unpaired) electrons. The highest BCUT2D eigenvalue weighted by atomic mass is 35.5. The number of nitrogens with one attached hydrogen (secondary N) is 1. The Balaban J connectivity index is 1.83. The fraction of sp³-hybridized carbons (Fsp3) is 0.800. The van der Waals surface area contributed by atoms with Crippen molar-refractivity contribution in [3.05, 3.63) is 16.4 Å². The van der Waals surface area contributed by atoms with Gasteiger partial charge in [-0.05, 0) is 38.8 Å². The quantitative estimate of drug-likeness (QED) is 0.780. The van der Waals surface area contributed by atoms with Crippen molar-refractivity contribution < 1.29 is 4.74 Å². The van der Waals surface area contributed by atoms with E-state index in [0.29, 0.717) is 5.92 Å². The molecule has 0 aromatic carbocycles. The molecule has 1 N–H and O–H groups in total. The molecule has 1 aliphatic rings. The number of hydrogen-bond donors (Lipinski definition) is 1. The first kappa shape index (κ1) is 16.7. The number of likely N-dealkylation sites (tertiary alicyclic amines) is 1. The lowest BCUT2D eigenvalue weighted by atomic mass is 9.98. The molecule has 0 aliphatic carbocycles. The standard InChI is InChI=1S/C15H27ClN4O/c1-12-15(16)14(19(2)18-12)11-20-7-4-5-13(10-20)9-17-6-8-21-3/h13,17H,4-11H2,1-3H3. The summed E-state index contributed by atoms with van der Waals surface area (Å²) < 4.78 is 6.98. The molecule has 0 spiro atoms. The zero-order valence-electron chi connectivity index (χ0n) is 13.4. The van der Waals surface area contributed by atoms with Crippen molar-refractivity contribution in [1.82, 2.24) is 20.0 Å². The van der Waals surface area contributed by atoms with Gasteiger partial charge in [-0.25, -0.2) is 0 Å². The van der Waals surface area contributed by atoms with Crippen LogP contribution in [-0.4, -0.2) is 54.6 Å². The van der Waals surface area contributed by atoms with Crippen molar-refractivity contribution >= 4 is 11.6 Å². The average Bonchev–Trinajstić information content (AvgIpc) is 2.71. The number of halogens is 1. The van der Waals surface area contributed by atoms with E-state index in [1.54, 1.807) is 7.11 Å². The first-order valence-electron chi connectivity index (χ1n) is 7.71. The summed E-state index contributed by atoms with van der Waals surface area (Å²) in [6.07, 6.45) is 2.56. The average molecular weight is 315 g/mol. The van der Waals surface area contributed by atoms with E-state index in [0.717, 1.165) is 55.7 Å². The van der Waals surface area contributed by atoms with Gasteiger partial charge >= 0.3 is 0 Å². The minimum Gasteiger partial charge on any atom is -0.383 e. The molecule has 1 aliphatic heterocycles. The van der Waals surface area contributed by atoms with Crippen molar-refractivity contribution in [2.75, 3.05) is 39.9 Å². The van der Waals surface area contributed by atoms with Crippen LogP contribution >= 0.6 is 11.6 Å². The maximum atomic E-state index is 6.35. The number of rotatable bonds is 7. The Morgan fingerprint density at radius 3 is 2.95 bits per heavy atom. The topological polar surface area (TPSA) is 42.3 Å². The normalized spacial score (nSPS) is 20.1. The fourth-order valence-electron chi connectivity index (χ4n) is 3.01. The van der Waals surface area contributed by atoms with Gasteiger partial charge in [0.15, 0.2) is 0 Å². The minimum atomic E-state index is 0.712. The lowest BCUT2D eigenvalue weighted by Crippen LogP contribution is -2.40. The van der Waals surface area contributed by atoms with Gasteiger partial charge in [0.25, 0.3) is 0 Å². The number of piperidine rings is 1. The van der Waals surface area contributed by atoms with E-state index in [-0.39, 0.29) is 0 Å². The number of aromatic nitrogens is 2.